The Kier molecular flexibility index (Phi) is 3.82. The summed E-state index contributed by atoms with van der Waals surface area (Å²) in [5, 5.41) is 0. The summed E-state index contributed by atoms with van der Waals surface area (Å²) in [6.07, 6.45) is 0.873. The van der Waals surface area contributed by atoms with Gasteiger partial charge in [0.1, 0.15) is 11.6 Å². The zero-order valence-electron chi connectivity index (χ0n) is 9.25. The van der Waals surface area contributed by atoms with E-state index in [0.29, 0.717) is 6.07 Å². The Morgan fingerprint density at radius 1 is 1.29 bits per heavy atom. The number of hydrogen-bond donors (Lipinski definition) is 1. The normalized spacial score (nSPS) is 11.3. The summed E-state index contributed by atoms with van der Waals surface area (Å²) in [6, 6.07) is 1.34. The van der Waals surface area contributed by atoms with Crippen molar-refractivity contribution in [1.29, 1.82) is 0 Å². The van der Waals surface area contributed by atoms with E-state index in [2.05, 4.69) is 0 Å². The number of nitrogens with one attached hydrogen (secondary N) is 1. The van der Waals surface area contributed by atoms with Crippen LogP contribution in [0.15, 0.2) is 12.1 Å². The number of hydrogen-bond acceptors (Lipinski definition) is 3. The van der Waals surface area contributed by atoms with Crippen LogP contribution in [0.25, 0.3) is 0 Å². The van der Waals surface area contributed by atoms with Gasteiger partial charge >= 0.3 is 0 Å². The maximum absolute atomic E-state index is 13.3. The lowest BCUT2D eigenvalue weighted by Gasteiger charge is -2.08. The first-order valence-corrected chi connectivity index (χ1v) is 6.63. The predicted octanol–water partition coefficient (Wildman–Crippen LogP) is 1.93. The molecule has 0 unspecified atom stereocenters. The molecule has 1 aromatic rings. The average Bonchev–Trinajstić information content (AvgIpc) is 2.19. The highest BCUT2D eigenvalue weighted by Crippen LogP contribution is 2.21. The molecule has 0 saturated carbocycles. The molecule has 1 N–H and O–H groups in total. The molecule has 1 rings (SSSR count). The molecule has 7 heteroatoms. The van der Waals surface area contributed by atoms with Crippen LogP contribution in [0, 0.1) is 11.6 Å². The quantitative estimate of drug-likeness (QED) is 0.844. The molecule has 4 nitrogen and oxygen atoms in total. The van der Waals surface area contributed by atoms with E-state index >= 15 is 0 Å². The molecule has 0 aliphatic carbocycles. The predicted molar refractivity (Wildman–Crippen MR) is 59.4 cm³/mol. The minimum absolute atomic E-state index is 0.0425. The van der Waals surface area contributed by atoms with Crippen molar-refractivity contribution in [3.05, 3.63) is 29.3 Å². The molecule has 94 valence electrons. The highest BCUT2D eigenvalue weighted by atomic mass is 32.2. The Morgan fingerprint density at radius 3 is 2.35 bits per heavy atom. The van der Waals surface area contributed by atoms with Crippen LogP contribution >= 0.6 is 0 Å². The van der Waals surface area contributed by atoms with Crippen LogP contribution < -0.4 is 4.72 Å². The molecular weight excluding hydrogens is 252 g/mol. The fraction of sp³-hybridized carbons (Fsp3) is 0.300. The van der Waals surface area contributed by atoms with E-state index in [0.717, 1.165) is 12.3 Å². The van der Waals surface area contributed by atoms with Gasteiger partial charge in [-0.15, -0.1) is 0 Å². The van der Waals surface area contributed by atoms with Crippen LogP contribution in [-0.4, -0.2) is 20.5 Å². The van der Waals surface area contributed by atoms with Crippen molar-refractivity contribution in [2.75, 3.05) is 11.0 Å². The topological polar surface area (TPSA) is 63.2 Å². The molecular formula is C10H11F2NO3S. The van der Waals surface area contributed by atoms with Gasteiger partial charge in [-0.05, 0) is 6.07 Å². The number of ketones is 1. The van der Waals surface area contributed by atoms with Crippen LogP contribution in [0.3, 0.4) is 0 Å². The third-order valence-corrected chi connectivity index (χ3v) is 2.56. The number of carbonyl (C=O) groups excluding carboxylic acids is 1. The number of rotatable bonds is 4. The van der Waals surface area contributed by atoms with Gasteiger partial charge in [-0.25, -0.2) is 17.2 Å². The summed E-state index contributed by atoms with van der Waals surface area (Å²) in [6.45, 7) is 1.52. The van der Waals surface area contributed by atoms with E-state index in [1.807, 2.05) is 4.72 Å². The average molecular weight is 263 g/mol. The number of Topliss-reactive ketones (excluding diaryl/α,β-unsaturated/α-hetero) is 1. The van der Waals surface area contributed by atoms with Crippen LogP contribution in [0.4, 0.5) is 14.5 Å². The van der Waals surface area contributed by atoms with Crippen molar-refractivity contribution in [3.8, 4) is 0 Å². The molecule has 0 atom stereocenters. The number of sulfonamides is 1. The first kappa shape index (κ1) is 13.6. The summed E-state index contributed by atoms with van der Waals surface area (Å²) < 4.78 is 50.3. The first-order chi connectivity index (χ1) is 7.74. The van der Waals surface area contributed by atoms with Crippen molar-refractivity contribution < 1.29 is 22.0 Å². The van der Waals surface area contributed by atoms with E-state index in [4.69, 9.17) is 0 Å². The van der Waals surface area contributed by atoms with Gasteiger partial charge in [0.15, 0.2) is 5.78 Å². The van der Waals surface area contributed by atoms with Gasteiger partial charge in [0.25, 0.3) is 0 Å². The molecule has 0 aliphatic heterocycles. The molecule has 17 heavy (non-hydrogen) atoms. The highest BCUT2D eigenvalue weighted by molar-refractivity contribution is 7.92. The SMILES string of the molecule is CCC(=O)c1cc(NS(C)(=O)=O)c(F)cc1F. The second-order valence-corrected chi connectivity index (χ2v) is 5.21. The minimum atomic E-state index is -3.69. The lowest BCUT2D eigenvalue weighted by molar-refractivity contribution is 0.0984. The molecule has 0 amide bonds. The monoisotopic (exact) mass is 263 g/mol. The Bertz CT molecular complexity index is 555. The standard InChI is InChI=1S/C10H11F2NO3S/c1-3-10(14)6-4-9(13-17(2,15)16)8(12)5-7(6)11/h4-5,13H,3H2,1-2H3. The van der Waals surface area contributed by atoms with E-state index in [9.17, 15) is 22.0 Å². The Hall–Kier alpha value is -1.50. The summed E-state index contributed by atoms with van der Waals surface area (Å²) in [7, 11) is -3.69. The largest absolute Gasteiger partial charge is 0.294 e. The third-order valence-electron chi connectivity index (χ3n) is 1.97. The van der Waals surface area contributed by atoms with Crippen molar-refractivity contribution >= 4 is 21.5 Å². The summed E-state index contributed by atoms with van der Waals surface area (Å²) in [5.74, 6) is -2.60. The summed E-state index contributed by atoms with van der Waals surface area (Å²) >= 11 is 0. The molecule has 1 aromatic carbocycles. The van der Waals surface area contributed by atoms with Crippen molar-refractivity contribution in [2.24, 2.45) is 0 Å². The molecule has 0 radical (unpaired) electrons. The van der Waals surface area contributed by atoms with Crippen LogP contribution in [0.2, 0.25) is 0 Å². The zero-order chi connectivity index (χ0) is 13.2. The fourth-order valence-corrected chi connectivity index (χ4v) is 1.79. The lowest BCUT2D eigenvalue weighted by Crippen LogP contribution is -2.12. The Balaban J connectivity index is 3.29. The zero-order valence-corrected chi connectivity index (χ0v) is 10.1. The second kappa shape index (κ2) is 4.79. The Labute approximate surface area is 97.7 Å². The minimum Gasteiger partial charge on any atom is -0.294 e. The molecule has 0 aliphatic rings. The summed E-state index contributed by atoms with van der Waals surface area (Å²) in [4.78, 5) is 11.3. The number of anilines is 1. The van der Waals surface area contributed by atoms with Gasteiger partial charge in [-0.1, -0.05) is 6.92 Å². The van der Waals surface area contributed by atoms with E-state index < -0.39 is 33.1 Å². The number of halogens is 2. The molecule has 0 spiro atoms. The van der Waals surface area contributed by atoms with Crippen molar-refractivity contribution in [2.45, 2.75) is 13.3 Å². The van der Waals surface area contributed by atoms with Gasteiger partial charge in [0.2, 0.25) is 10.0 Å². The van der Waals surface area contributed by atoms with E-state index in [1.165, 1.54) is 6.92 Å². The van der Waals surface area contributed by atoms with Crippen molar-refractivity contribution in [3.63, 3.8) is 0 Å². The molecule has 0 saturated heterocycles. The second-order valence-electron chi connectivity index (χ2n) is 3.46. The van der Waals surface area contributed by atoms with Crippen molar-refractivity contribution in [1.82, 2.24) is 0 Å². The molecule has 0 heterocycles. The molecule has 0 bridgehead atoms. The smallest absolute Gasteiger partial charge is 0.229 e. The van der Waals surface area contributed by atoms with Gasteiger partial charge in [-0.2, -0.15) is 0 Å². The number of benzene rings is 1. The maximum Gasteiger partial charge on any atom is 0.229 e. The third kappa shape index (κ3) is 3.48. The highest BCUT2D eigenvalue weighted by Gasteiger charge is 2.16. The maximum atomic E-state index is 13.3. The Morgan fingerprint density at radius 2 is 1.88 bits per heavy atom. The lowest BCUT2D eigenvalue weighted by atomic mass is 10.1. The summed E-state index contributed by atoms with van der Waals surface area (Å²) in [5.41, 5.74) is -0.772. The molecule has 0 fully saturated rings. The van der Waals surface area contributed by atoms with Crippen LogP contribution in [0.5, 0.6) is 0 Å². The van der Waals surface area contributed by atoms with Crippen LogP contribution in [0.1, 0.15) is 23.7 Å². The van der Waals surface area contributed by atoms with Gasteiger partial charge in [0, 0.05) is 12.5 Å². The van der Waals surface area contributed by atoms with Gasteiger partial charge in [-0.3, -0.25) is 9.52 Å². The van der Waals surface area contributed by atoms with E-state index in [1.54, 1.807) is 0 Å². The van der Waals surface area contributed by atoms with Crippen LogP contribution in [-0.2, 0) is 10.0 Å². The van der Waals surface area contributed by atoms with Gasteiger partial charge < -0.3 is 0 Å². The van der Waals surface area contributed by atoms with Gasteiger partial charge in [0.05, 0.1) is 17.5 Å². The van der Waals surface area contributed by atoms with E-state index in [-0.39, 0.29) is 12.0 Å². The first-order valence-electron chi connectivity index (χ1n) is 4.74. The molecule has 0 aromatic heterocycles. The fourth-order valence-electron chi connectivity index (χ4n) is 1.23. The number of carbonyl (C=O) groups is 1.